The van der Waals surface area contributed by atoms with Gasteiger partial charge >= 0.3 is 0 Å². The number of nitrogens with one attached hydrogen (secondary N) is 1. The van der Waals surface area contributed by atoms with Gasteiger partial charge in [-0.15, -0.1) is 6.58 Å². The number of halogens is 1. The van der Waals surface area contributed by atoms with E-state index in [0.717, 1.165) is 38.2 Å². The van der Waals surface area contributed by atoms with Crippen molar-refractivity contribution in [3.05, 3.63) is 34.8 Å². The Morgan fingerprint density at radius 3 is 2.81 bits per heavy atom. The molecule has 0 saturated carbocycles. The molecule has 0 bridgehead atoms. The number of phenolic OH excluding ortho intramolecular Hbond substituents is 1. The summed E-state index contributed by atoms with van der Waals surface area (Å²) in [7, 11) is 0. The van der Waals surface area contributed by atoms with E-state index in [0.29, 0.717) is 16.8 Å². The summed E-state index contributed by atoms with van der Waals surface area (Å²) < 4.78 is 6.21. The zero-order valence-corrected chi connectivity index (χ0v) is 14.0. The molecule has 0 spiro atoms. The van der Waals surface area contributed by atoms with Crippen molar-refractivity contribution in [1.29, 1.82) is 0 Å². The SMILES string of the molecule is C=CC[C@@H](c1cc(Br)c(O)c(OCC)c1)N1CCNCC1. The molecule has 0 amide bonds. The number of rotatable bonds is 6. The van der Waals surface area contributed by atoms with Crippen LogP contribution in [0.25, 0.3) is 0 Å². The Morgan fingerprint density at radius 2 is 2.19 bits per heavy atom. The molecule has 0 aromatic heterocycles. The van der Waals surface area contributed by atoms with Crippen molar-refractivity contribution in [2.45, 2.75) is 19.4 Å². The van der Waals surface area contributed by atoms with Gasteiger partial charge in [-0.05, 0) is 47.0 Å². The number of nitrogens with zero attached hydrogens (tertiary/aromatic N) is 1. The van der Waals surface area contributed by atoms with Crippen molar-refractivity contribution < 1.29 is 9.84 Å². The van der Waals surface area contributed by atoms with Crippen LogP contribution in [0.4, 0.5) is 0 Å². The minimum atomic E-state index is 0.165. The molecule has 1 fully saturated rings. The molecule has 2 N–H and O–H groups in total. The molecule has 4 nitrogen and oxygen atoms in total. The first-order valence-corrected chi connectivity index (χ1v) is 8.17. The molecule has 21 heavy (non-hydrogen) atoms. The first kappa shape index (κ1) is 16.3. The Bertz CT molecular complexity index is 487. The number of aromatic hydroxyl groups is 1. The molecule has 1 aromatic carbocycles. The second-order valence-electron chi connectivity index (χ2n) is 5.11. The van der Waals surface area contributed by atoms with E-state index < -0.39 is 0 Å². The molecule has 1 atom stereocenters. The minimum absolute atomic E-state index is 0.165. The molecular weight excluding hydrogens is 332 g/mol. The Balaban J connectivity index is 2.32. The van der Waals surface area contributed by atoms with Crippen LogP contribution in [0.5, 0.6) is 11.5 Å². The maximum absolute atomic E-state index is 10.1. The zero-order chi connectivity index (χ0) is 15.2. The molecule has 1 heterocycles. The van der Waals surface area contributed by atoms with Crippen molar-refractivity contribution >= 4 is 15.9 Å². The van der Waals surface area contributed by atoms with E-state index in [2.05, 4.69) is 32.7 Å². The summed E-state index contributed by atoms with van der Waals surface area (Å²) in [6, 6.07) is 4.19. The lowest BCUT2D eigenvalue weighted by Crippen LogP contribution is -2.45. The van der Waals surface area contributed by atoms with Crippen molar-refractivity contribution in [2.24, 2.45) is 0 Å². The van der Waals surface area contributed by atoms with E-state index in [1.54, 1.807) is 0 Å². The van der Waals surface area contributed by atoms with E-state index in [4.69, 9.17) is 4.74 Å². The maximum Gasteiger partial charge on any atom is 0.172 e. The highest BCUT2D eigenvalue weighted by Crippen LogP contribution is 2.39. The number of ether oxygens (including phenoxy) is 1. The minimum Gasteiger partial charge on any atom is -0.503 e. The van der Waals surface area contributed by atoms with Gasteiger partial charge in [0.1, 0.15) is 0 Å². The molecule has 0 aliphatic carbocycles. The second kappa shape index (κ2) is 7.82. The number of hydrogen-bond donors (Lipinski definition) is 2. The summed E-state index contributed by atoms with van der Waals surface area (Å²) >= 11 is 3.42. The largest absolute Gasteiger partial charge is 0.503 e. The average molecular weight is 355 g/mol. The summed E-state index contributed by atoms with van der Waals surface area (Å²) in [4.78, 5) is 2.45. The van der Waals surface area contributed by atoms with Crippen LogP contribution in [0.1, 0.15) is 24.9 Å². The first-order valence-electron chi connectivity index (χ1n) is 7.38. The van der Waals surface area contributed by atoms with Crippen LogP contribution in [0.15, 0.2) is 29.3 Å². The quantitative estimate of drug-likeness (QED) is 0.770. The van der Waals surface area contributed by atoms with Crippen molar-refractivity contribution in [3.8, 4) is 11.5 Å². The summed E-state index contributed by atoms with van der Waals surface area (Å²) in [5, 5.41) is 13.4. The van der Waals surface area contributed by atoms with Crippen LogP contribution in [-0.2, 0) is 0 Å². The smallest absolute Gasteiger partial charge is 0.172 e. The van der Waals surface area contributed by atoms with Gasteiger partial charge in [-0.3, -0.25) is 4.90 Å². The van der Waals surface area contributed by atoms with Gasteiger partial charge in [0.25, 0.3) is 0 Å². The molecule has 1 aliphatic rings. The molecule has 1 aliphatic heterocycles. The van der Waals surface area contributed by atoms with Crippen molar-refractivity contribution in [1.82, 2.24) is 10.2 Å². The molecule has 1 aromatic rings. The van der Waals surface area contributed by atoms with Gasteiger partial charge in [0, 0.05) is 32.2 Å². The molecule has 116 valence electrons. The highest BCUT2D eigenvalue weighted by molar-refractivity contribution is 9.10. The van der Waals surface area contributed by atoms with E-state index in [9.17, 15) is 5.11 Å². The van der Waals surface area contributed by atoms with Gasteiger partial charge in [-0.25, -0.2) is 0 Å². The Labute approximate surface area is 134 Å². The van der Waals surface area contributed by atoms with E-state index in [1.165, 1.54) is 0 Å². The van der Waals surface area contributed by atoms with Gasteiger partial charge in [0.2, 0.25) is 0 Å². The lowest BCUT2D eigenvalue weighted by atomic mass is 10.0. The predicted octanol–water partition coefficient (Wildman–Crippen LogP) is 3.08. The number of hydrogen-bond acceptors (Lipinski definition) is 4. The van der Waals surface area contributed by atoms with Gasteiger partial charge in [0.15, 0.2) is 11.5 Å². The third-order valence-electron chi connectivity index (χ3n) is 3.72. The van der Waals surface area contributed by atoms with Crippen LogP contribution in [-0.4, -0.2) is 42.8 Å². The Kier molecular flexibility index (Phi) is 6.08. The molecule has 0 unspecified atom stereocenters. The van der Waals surface area contributed by atoms with Crippen LogP contribution in [0.2, 0.25) is 0 Å². The molecule has 5 heteroatoms. The number of piperazine rings is 1. The third kappa shape index (κ3) is 3.99. The highest BCUT2D eigenvalue weighted by atomic mass is 79.9. The first-order chi connectivity index (χ1) is 10.2. The van der Waals surface area contributed by atoms with Crippen LogP contribution in [0, 0.1) is 0 Å². The average Bonchev–Trinajstić information content (AvgIpc) is 2.50. The fourth-order valence-corrected chi connectivity index (χ4v) is 3.16. The van der Waals surface area contributed by atoms with Crippen LogP contribution < -0.4 is 10.1 Å². The van der Waals surface area contributed by atoms with E-state index in [-0.39, 0.29) is 11.8 Å². The normalized spacial score (nSPS) is 17.4. The summed E-state index contributed by atoms with van der Waals surface area (Å²) in [5.41, 5.74) is 1.14. The summed E-state index contributed by atoms with van der Waals surface area (Å²) in [5.74, 6) is 0.698. The fraction of sp³-hybridized carbons (Fsp3) is 0.500. The standard InChI is InChI=1S/C16H23BrN2O2/c1-3-5-14(19-8-6-18-7-9-19)12-10-13(17)16(20)15(11-12)21-4-2/h3,10-11,14,18,20H,1,4-9H2,2H3/t14-/m0/s1. The summed E-state index contributed by atoms with van der Waals surface area (Å²) in [6.45, 7) is 10.4. The van der Waals surface area contributed by atoms with Gasteiger partial charge < -0.3 is 15.2 Å². The van der Waals surface area contributed by atoms with E-state index in [1.807, 2.05) is 25.1 Å². The lowest BCUT2D eigenvalue weighted by molar-refractivity contribution is 0.174. The van der Waals surface area contributed by atoms with Crippen LogP contribution >= 0.6 is 15.9 Å². The zero-order valence-electron chi connectivity index (χ0n) is 12.4. The monoisotopic (exact) mass is 354 g/mol. The topological polar surface area (TPSA) is 44.7 Å². The highest BCUT2D eigenvalue weighted by Gasteiger charge is 2.23. The van der Waals surface area contributed by atoms with Crippen molar-refractivity contribution in [2.75, 3.05) is 32.8 Å². The Morgan fingerprint density at radius 1 is 1.48 bits per heavy atom. The molecule has 2 rings (SSSR count). The summed E-state index contributed by atoms with van der Waals surface area (Å²) in [6.07, 6.45) is 2.83. The number of benzene rings is 1. The van der Waals surface area contributed by atoms with Gasteiger partial charge in [-0.1, -0.05) is 6.08 Å². The molecular formula is C16H23BrN2O2. The van der Waals surface area contributed by atoms with Crippen LogP contribution in [0.3, 0.4) is 0 Å². The number of phenols is 1. The van der Waals surface area contributed by atoms with E-state index >= 15 is 0 Å². The Hall–Kier alpha value is -1.04. The maximum atomic E-state index is 10.1. The second-order valence-corrected chi connectivity index (χ2v) is 5.96. The molecule has 1 saturated heterocycles. The lowest BCUT2D eigenvalue weighted by Gasteiger charge is -2.35. The van der Waals surface area contributed by atoms with Gasteiger partial charge in [-0.2, -0.15) is 0 Å². The molecule has 0 radical (unpaired) electrons. The predicted molar refractivity (Wildman–Crippen MR) is 89.0 cm³/mol. The third-order valence-corrected chi connectivity index (χ3v) is 4.32. The van der Waals surface area contributed by atoms with Crippen molar-refractivity contribution in [3.63, 3.8) is 0 Å². The fourth-order valence-electron chi connectivity index (χ4n) is 2.70. The van der Waals surface area contributed by atoms with Gasteiger partial charge in [0.05, 0.1) is 11.1 Å².